The molecule has 7 heteroatoms. The Kier molecular flexibility index (Phi) is 4.41. The summed E-state index contributed by atoms with van der Waals surface area (Å²) in [6.45, 7) is 0. The van der Waals surface area contributed by atoms with E-state index < -0.39 is 12.0 Å². The van der Waals surface area contributed by atoms with E-state index in [2.05, 4.69) is 10.3 Å². The molecular weight excluding hydrogens is 369 g/mol. The van der Waals surface area contributed by atoms with Gasteiger partial charge >= 0.3 is 0 Å². The SMILES string of the molecule is COc1ccc(N2C(=O)c3cccnc3[C@@H]2Nc2ccc(F)cc2Cl)cc1. The van der Waals surface area contributed by atoms with Crippen molar-refractivity contribution in [3.05, 3.63) is 82.9 Å². The molecule has 0 saturated carbocycles. The molecule has 1 amide bonds. The number of carbonyl (C=O) groups is 1. The zero-order chi connectivity index (χ0) is 19.0. The molecule has 0 saturated heterocycles. The lowest BCUT2D eigenvalue weighted by atomic mass is 10.2. The van der Waals surface area contributed by atoms with Crippen molar-refractivity contribution in [3.63, 3.8) is 0 Å². The number of anilines is 2. The molecule has 2 aromatic carbocycles. The summed E-state index contributed by atoms with van der Waals surface area (Å²) in [5.74, 6) is 0.0738. The van der Waals surface area contributed by atoms with Crippen molar-refractivity contribution in [2.45, 2.75) is 6.17 Å². The quantitative estimate of drug-likeness (QED) is 0.712. The van der Waals surface area contributed by atoms with Crippen LogP contribution < -0.4 is 15.0 Å². The van der Waals surface area contributed by atoms with Gasteiger partial charge in [-0.15, -0.1) is 0 Å². The van der Waals surface area contributed by atoms with E-state index in [0.717, 1.165) is 0 Å². The van der Waals surface area contributed by atoms with E-state index in [1.54, 1.807) is 54.6 Å². The maximum absolute atomic E-state index is 13.4. The molecule has 1 N–H and O–H groups in total. The second-order valence-electron chi connectivity index (χ2n) is 5.98. The van der Waals surface area contributed by atoms with E-state index in [1.807, 2.05) is 0 Å². The number of methoxy groups -OCH3 is 1. The van der Waals surface area contributed by atoms with Gasteiger partial charge in [0.25, 0.3) is 5.91 Å². The number of ether oxygens (including phenoxy) is 1. The third kappa shape index (κ3) is 3.08. The average Bonchev–Trinajstić information content (AvgIpc) is 2.96. The van der Waals surface area contributed by atoms with Crippen LogP contribution in [-0.4, -0.2) is 18.0 Å². The average molecular weight is 384 g/mol. The summed E-state index contributed by atoms with van der Waals surface area (Å²) in [4.78, 5) is 19.0. The number of carbonyl (C=O) groups excluding carboxylic acids is 1. The van der Waals surface area contributed by atoms with Crippen LogP contribution in [0.2, 0.25) is 5.02 Å². The number of fused-ring (bicyclic) bond motifs is 1. The maximum Gasteiger partial charge on any atom is 0.262 e. The minimum atomic E-state index is -0.579. The van der Waals surface area contributed by atoms with Crippen LogP contribution in [0.1, 0.15) is 22.2 Å². The van der Waals surface area contributed by atoms with Gasteiger partial charge in [-0.1, -0.05) is 11.6 Å². The highest BCUT2D eigenvalue weighted by molar-refractivity contribution is 6.33. The highest BCUT2D eigenvalue weighted by Crippen LogP contribution is 2.38. The number of pyridine rings is 1. The van der Waals surface area contributed by atoms with E-state index in [4.69, 9.17) is 16.3 Å². The Morgan fingerprint density at radius 1 is 1.19 bits per heavy atom. The topological polar surface area (TPSA) is 54.5 Å². The zero-order valence-electron chi connectivity index (χ0n) is 14.3. The second-order valence-corrected chi connectivity index (χ2v) is 6.39. The highest BCUT2D eigenvalue weighted by Gasteiger charge is 2.39. The molecule has 2 heterocycles. The largest absolute Gasteiger partial charge is 0.497 e. The normalized spacial score (nSPS) is 15.6. The summed E-state index contributed by atoms with van der Waals surface area (Å²) in [5.41, 5.74) is 2.27. The van der Waals surface area contributed by atoms with Gasteiger partial charge < -0.3 is 10.1 Å². The van der Waals surface area contributed by atoms with E-state index in [9.17, 15) is 9.18 Å². The van der Waals surface area contributed by atoms with Crippen LogP contribution in [0, 0.1) is 5.82 Å². The molecule has 1 atom stereocenters. The molecular formula is C20H15ClFN3O2. The summed E-state index contributed by atoms with van der Waals surface area (Å²) in [6.07, 6.45) is 1.05. The Morgan fingerprint density at radius 2 is 1.96 bits per heavy atom. The van der Waals surface area contributed by atoms with E-state index in [0.29, 0.717) is 28.4 Å². The number of nitrogens with zero attached hydrogens (tertiary/aromatic N) is 2. The van der Waals surface area contributed by atoms with Crippen molar-refractivity contribution < 1.29 is 13.9 Å². The number of aromatic nitrogens is 1. The Bertz CT molecular complexity index is 1010. The van der Waals surface area contributed by atoms with E-state index >= 15 is 0 Å². The molecule has 136 valence electrons. The summed E-state index contributed by atoms with van der Waals surface area (Å²) in [7, 11) is 1.58. The number of halogens is 2. The van der Waals surface area contributed by atoms with Crippen LogP contribution in [0.5, 0.6) is 5.75 Å². The van der Waals surface area contributed by atoms with E-state index in [-0.39, 0.29) is 10.9 Å². The lowest BCUT2D eigenvalue weighted by Gasteiger charge is -2.27. The number of amides is 1. The molecule has 27 heavy (non-hydrogen) atoms. The minimum absolute atomic E-state index is 0.181. The molecule has 0 spiro atoms. The molecule has 1 aliphatic heterocycles. The first kappa shape index (κ1) is 17.3. The lowest BCUT2D eigenvalue weighted by molar-refractivity contribution is 0.0993. The van der Waals surface area contributed by atoms with Crippen molar-refractivity contribution in [2.75, 3.05) is 17.3 Å². The number of benzene rings is 2. The van der Waals surface area contributed by atoms with Crippen molar-refractivity contribution in [1.82, 2.24) is 4.98 Å². The Hall–Kier alpha value is -3.12. The van der Waals surface area contributed by atoms with Crippen molar-refractivity contribution in [2.24, 2.45) is 0 Å². The molecule has 1 aromatic heterocycles. The van der Waals surface area contributed by atoms with Gasteiger partial charge in [0.1, 0.15) is 11.6 Å². The first-order valence-electron chi connectivity index (χ1n) is 8.22. The zero-order valence-corrected chi connectivity index (χ0v) is 15.1. The predicted octanol–water partition coefficient (Wildman–Crippen LogP) is 4.65. The van der Waals surface area contributed by atoms with Crippen LogP contribution in [0.15, 0.2) is 60.8 Å². The first-order valence-corrected chi connectivity index (χ1v) is 8.60. The second kappa shape index (κ2) is 6.89. The van der Waals surface area contributed by atoms with Gasteiger partial charge in [0.2, 0.25) is 0 Å². The van der Waals surface area contributed by atoms with Gasteiger partial charge in [0.15, 0.2) is 6.17 Å². The molecule has 1 aliphatic rings. The number of nitrogens with one attached hydrogen (secondary N) is 1. The number of rotatable bonds is 4. The molecule has 0 aliphatic carbocycles. The van der Waals surface area contributed by atoms with Gasteiger partial charge in [-0.25, -0.2) is 4.39 Å². The van der Waals surface area contributed by atoms with E-state index in [1.165, 1.54) is 18.2 Å². The van der Waals surface area contributed by atoms with Gasteiger partial charge in [-0.2, -0.15) is 0 Å². The van der Waals surface area contributed by atoms with Crippen LogP contribution in [0.25, 0.3) is 0 Å². The summed E-state index contributed by atoms with van der Waals surface area (Å²) in [5, 5.41) is 3.44. The van der Waals surface area contributed by atoms with Crippen molar-refractivity contribution in [1.29, 1.82) is 0 Å². The molecule has 0 unspecified atom stereocenters. The van der Waals surface area contributed by atoms with Gasteiger partial charge in [-0.05, 0) is 54.6 Å². The van der Waals surface area contributed by atoms with Crippen molar-refractivity contribution >= 4 is 28.9 Å². The molecule has 0 radical (unpaired) electrons. The molecule has 0 fully saturated rings. The summed E-state index contributed by atoms with van der Waals surface area (Å²) < 4.78 is 18.6. The van der Waals surface area contributed by atoms with Crippen LogP contribution in [0.3, 0.4) is 0 Å². The maximum atomic E-state index is 13.4. The van der Waals surface area contributed by atoms with Gasteiger partial charge in [0.05, 0.1) is 29.1 Å². The third-order valence-electron chi connectivity index (χ3n) is 4.38. The summed E-state index contributed by atoms with van der Waals surface area (Å²) >= 11 is 6.16. The highest BCUT2D eigenvalue weighted by atomic mass is 35.5. The summed E-state index contributed by atoms with van der Waals surface area (Å²) in [6, 6.07) is 14.7. The Morgan fingerprint density at radius 3 is 2.67 bits per heavy atom. The molecule has 5 nitrogen and oxygen atoms in total. The van der Waals surface area contributed by atoms with Gasteiger partial charge in [-0.3, -0.25) is 14.7 Å². The fourth-order valence-electron chi connectivity index (χ4n) is 3.08. The number of hydrogen-bond acceptors (Lipinski definition) is 4. The monoisotopic (exact) mass is 383 g/mol. The number of hydrogen-bond donors (Lipinski definition) is 1. The smallest absolute Gasteiger partial charge is 0.262 e. The molecule has 4 rings (SSSR count). The van der Waals surface area contributed by atoms with Crippen LogP contribution >= 0.6 is 11.6 Å². The van der Waals surface area contributed by atoms with Crippen LogP contribution in [0.4, 0.5) is 15.8 Å². The molecule has 3 aromatic rings. The van der Waals surface area contributed by atoms with Gasteiger partial charge in [0, 0.05) is 11.9 Å². The fraction of sp³-hybridized carbons (Fsp3) is 0.100. The Balaban J connectivity index is 1.77. The fourth-order valence-corrected chi connectivity index (χ4v) is 3.30. The van der Waals surface area contributed by atoms with Crippen LogP contribution in [-0.2, 0) is 0 Å². The minimum Gasteiger partial charge on any atom is -0.497 e. The van der Waals surface area contributed by atoms with Crippen molar-refractivity contribution in [3.8, 4) is 5.75 Å². The lowest BCUT2D eigenvalue weighted by Crippen LogP contribution is -2.32. The molecule has 0 bridgehead atoms. The standard InChI is InChI=1S/C20H15ClFN3O2/c1-27-14-7-5-13(6-8-14)25-19(18-15(20(25)26)3-2-10-23-18)24-17-9-4-12(22)11-16(17)21/h2-11,19,24H,1H3/t19-/m1/s1. The third-order valence-corrected chi connectivity index (χ3v) is 4.69. The Labute approximate surface area is 160 Å². The predicted molar refractivity (Wildman–Crippen MR) is 102 cm³/mol. The first-order chi connectivity index (χ1) is 13.1.